The van der Waals surface area contributed by atoms with Gasteiger partial charge in [0.25, 0.3) is 0 Å². The molecule has 17 heavy (non-hydrogen) atoms. The second-order valence-corrected chi connectivity index (χ2v) is 3.99. The zero-order chi connectivity index (χ0) is 12.7. The molecule has 0 aliphatic heterocycles. The zero-order valence-corrected chi connectivity index (χ0v) is 10.3. The molecule has 0 fully saturated rings. The molecule has 0 aliphatic rings. The monoisotopic (exact) mass is 240 g/mol. The van der Waals surface area contributed by atoms with E-state index in [0.29, 0.717) is 13.0 Å². The molecular weight excluding hydrogens is 220 g/mol. The van der Waals surface area contributed by atoms with Crippen molar-refractivity contribution in [3.8, 4) is 0 Å². The van der Waals surface area contributed by atoms with Crippen molar-refractivity contribution in [2.45, 2.75) is 31.8 Å². The summed E-state index contributed by atoms with van der Waals surface area (Å²) >= 11 is 0. The number of amides is 1. The number of carbonyl (C=O) groups excluding carboxylic acids is 1. The maximum Gasteiger partial charge on any atom is 0.237 e. The van der Waals surface area contributed by atoms with E-state index in [2.05, 4.69) is 5.32 Å². The summed E-state index contributed by atoms with van der Waals surface area (Å²) in [6.45, 7) is 2.48. The molecule has 0 radical (unpaired) electrons. The quantitative estimate of drug-likeness (QED) is 0.702. The van der Waals surface area contributed by atoms with E-state index in [1.807, 2.05) is 13.0 Å². The average Bonchev–Trinajstić information content (AvgIpc) is 2.82. The lowest BCUT2D eigenvalue weighted by atomic mass is 10.1. The highest BCUT2D eigenvalue weighted by atomic mass is 16.5. The Morgan fingerprint density at radius 2 is 2.41 bits per heavy atom. The van der Waals surface area contributed by atoms with E-state index in [0.717, 1.165) is 12.2 Å². The van der Waals surface area contributed by atoms with Crippen LogP contribution in [0.1, 0.15) is 31.6 Å². The molecule has 1 unspecified atom stereocenters. The van der Waals surface area contributed by atoms with Crippen LogP contribution in [0.5, 0.6) is 0 Å². The van der Waals surface area contributed by atoms with Gasteiger partial charge in [-0.25, -0.2) is 0 Å². The van der Waals surface area contributed by atoms with Crippen LogP contribution in [-0.4, -0.2) is 25.7 Å². The highest BCUT2D eigenvalue weighted by Crippen LogP contribution is 2.12. The minimum Gasteiger partial charge on any atom is -0.467 e. The summed E-state index contributed by atoms with van der Waals surface area (Å²) < 4.78 is 10.1. The summed E-state index contributed by atoms with van der Waals surface area (Å²) in [5.41, 5.74) is 5.76. The smallest absolute Gasteiger partial charge is 0.237 e. The molecular formula is C12H20N2O3. The van der Waals surface area contributed by atoms with Crippen LogP contribution >= 0.6 is 0 Å². The summed E-state index contributed by atoms with van der Waals surface area (Å²) in [6, 6.07) is 2.95. The lowest BCUT2D eigenvalue weighted by Gasteiger charge is -2.15. The van der Waals surface area contributed by atoms with E-state index < -0.39 is 6.04 Å². The van der Waals surface area contributed by atoms with Crippen molar-refractivity contribution in [3.05, 3.63) is 24.2 Å². The normalized spacial score (nSPS) is 14.3. The molecule has 5 heteroatoms. The Bertz CT molecular complexity index is 325. The Labute approximate surface area is 101 Å². The van der Waals surface area contributed by atoms with Crippen molar-refractivity contribution in [1.29, 1.82) is 0 Å². The van der Waals surface area contributed by atoms with Gasteiger partial charge in [-0.05, 0) is 31.9 Å². The van der Waals surface area contributed by atoms with Gasteiger partial charge in [-0.15, -0.1) is 0 Å². The maximum absolute atomic E-state index is 11.7. The molecule has 1 amide bonds. The van der Waals surface area contributed by atoms with Crippen molar-refractivity contribution in [1.82, 2.24) is 5.32 Å². The number of hydrogen-bond donors (Lipinski definition) is 2. The van der Waals surface area contributed by atoms with E-state index >= 15 is 0 Å². The van der Waals surface area contributed by atoms with Gasteiger partial charge in [0.15, 0.2) is 0 Å². The van der Waals surface area contributed by atoms with Crippen LogP contribution in [0.25, 0.3) is 0 Å². The van der Waals surface area contributed by atoms with Crippen molar-refractivity contribution >= 4 is 5.91 Å². The molecule has 0 aromatic carbocycles. The van der Waals surface area contributed by atoms with Crippen LogP contribution in [0.15, 0.2) is 22.8 Å². The minimum absolute atomic E-state index is 0.161. The van der Waals surface area contributed by atoms with Gasteiger partial charge in [0.1, 0.15) is 5.76 Å². The van der Waals surface area contributed by atoms with Crippen LogP contribution in [-0.2, 0) is 9.53 Å². The fourth-order valence-electron chi connectivity index (χ4n) is 1.51. The Kier molecular flexibility index (Phi) is 5.72. The van der Waals surface area contributed by atoms with Gasteiger partial charge in [0, 0.05) is 13.7 Å². The number of carbonyl (C=O) groups is 1. The molecule has 5 nitrogen and oxygen atoms in total. The van der Waals surface area contributed by atoms with Gasteiger partial charge < -0.3 is 20.2 Å². The summed E-state index contributed by atoms with van der Waals surface area (Å²) in [5, 5.41) is 2.81. The van der Waals surface area contributed by atoms with Gasteiger partial charge in [0.2, 0.25) is 5.91 Å². The Morgan fingerprint density at radius 1 is 1.65 bits per heavy atom. The van der Waals surface area contributed by atoms with E-state index in [1.165, 1.54) is 0 Å². The molecule has 1 aromatic heterocycles. The number of furan rings is 1. The third kappa shape index (κ3) is 4.58. The molecule has 0 bridgehead atoms. The van der Waals surface area contributed by atoms with Gasteiger partial charge in [0.05, 0.1) is 18.3 Å². The van der Waals surface area contributed by atoms with Crippen molar-refractivity contribution in [2.75, 3.05) is 13.7 Å². The molecule has 0 aliphatic carbocycles. The molecule has 1 rings (SSSR count). The van der Waals surface area contributed by atoms with E-state index in [1.54, 1.807) is 19.4 Å². The molecule has 2 atom stereocenters. The zero-order valence-electron chi connectivity index (χ0n) is 10.3. The van der Waals surface area contributed by atoms with Crippen LogP contribution in [0.3, 0.4) is 0 Å². The summed E-state index contributed by atoms with van der Waals surface area (Å²) in [4.78, 5) is 11.7. The van der Waals surface area contributed by atoms with Crippen molar-refractivity contribution in [3.63, 3.8) is 0 Å². The number of rotatable bonds is 7. The number of hydrogen-bond acceptors (Lipinski definition) is 4. The van der Waals surface area contributed by atoms with Crippen LogP contribution < -0.4 is 11.1 Å². The standard InChI is InChI=1S/C12H20N2O3/c1-9(11-6-4-8-17-11)14-12(15)10(13)5-3-7-16-2/h4,6,8-10H,3,5,7,13H2,1-2H3,(H,14,15)/t9-,10?/m1/s1. The summed E-state index contributed by atoms with van der Waals surface area (Å²) in [5.74, 6) is 0.562. The van der Waals surface area contributed by atoms with Crippen LogP contribution in [0.4, 0.5) is 0 Å². The van der Waals surface area contributed by atoms with Crippen LogP contribution in [0.2, 0.25) is 0 Å². The fourth-order valence-corrected chi connectivity index (χ4v) is 1.51. The first kappa shape index (κ1) is 13.7. The third-order valence-electron chi connectivity index (χ3n) is 2.53. The van der Waals surface area contributed by atoms with E-state index in [9.17, 15) is 4.79 Å². The Hall–Kier alpha value is -1.33. The molecule has 96 valence electrons. The maximum atomic E-state index is 11.7. The lowest BCUT2D eigenvalue weighted by Crippen LogP contribution is -2.41. The predicted octanol–water partition coefficient (Wildman–Crippen LogP) is 1.21. The topological polar surface area (TPSA) is 77.5 Å². The average molecular weight is 240 g/mol. The first-order valence-corrected chi connectivity index (χ1v) is 5.73. The van der Waals surface area contributed by atoms with Gasteiger partial charge in [-0.2, -0.15) is 0 Å². The first-order valence-electron chi connectivity index (χ1n) is 5.73. The minimum atomic E-state index is -0.498. The van der Waals surface area contributed by atoms with Gasteiger partial charge in [-0.3, -0.25) is 4.79 Å². The molecule has 0 spiro atoms. The molecule has 1 heterocycles. The van der Waals surface area contributed by atoms with Crippen molar-refractivity contribution < 1.29 is 13.9 Å². The van der Waals surface area contributed by atoms with Crippen molar-refractivity contribution in [2.24, 2.45) is 5.73 Å². The molecule has 3 N–H and O–H groups in total. The fraction of sp³-hybridized carbons (Fsp3) is 0.583. The number of ether oxygens (including phenoxy) is 1. The van der Waals surface area contributed by atoms with E-state index in [4.69, 9.17) is 14.9 Å². The molecule has 0 saturated heterocycles. The number of nitrogens with one attached hydrogen (secondary N) is 1. The second-order valence-electron chi connectivity index (χ2n) is 3.99. The first-order chi connectivity index (χ1) is 8.15. The highest BCUT2D eigenvalue weighted by molar-refractivity contribution is 5.81. The Morgan fingerprint density at radius 3 is 3.00 bits per heavy atom. The summed E-state index contributed by atoms with van der Waals surface area (Å²) in [7, 11) is 1.63. The predicted molar refractivity (Wildman–Crippen MR) is 64.4 cm³/mol. The largest absolute Gasteiger partial charge is 0.467 e. The van der Waals surface area contributed by atoms with Crippen LogP contribution in [0, 0.1) is 0 Å². The lowest BCUT2D eigenvalue weighted by molar-refractivity contribution is -0.123. The SMILES string of the molecule is COCCCC(N)C(=O)N[C@H](C)c1ccco1. The molecule has 0 saturated carbocycles. The second kappa shape index (κ2) is 7.09. The number of methoxy groups -OCH3 is 1. The highest BCUT2D eigenvalue weighted by Gasteiger charge is 2.17. The van der Waals surface area contributed by atoms with Gasteiger partial charge >= 0.3 is 0 Å². The third-order valence-corrected chi connectivity index (χ3v) is 2.53. The Balaban J connectivity index is 2.33. The summed E-state index contributed by atoms with van der Waals surface area (Å²) in [6.07, 6.45) is 2.97. The molecule has 1 aromatic rings. The van der Waals surface area contributed by atoms with E-state index in [-0.39, 0.29) is 11.9 Å². The van der Waals surface area contributed by atoms with Gasteiger partial charge in [-0.1, -0.05) is 0 Å². The number of nitrogens with two attached hydrogens (primary N) is 1.